The summed E-state index contributed by atoms with van der Waals surface area (Å²) in [6.45, 7) is 10.6. The number of nitrogens with one attached hydrogen (secondary N) is 1. The molecule has 2 aromatic carbocycles. The lowest BCUT2D eigenvalue weighted by atomic mass is 9.94. The highest BCUT2D eigenvalue weighted by Gasteiger charge is 2.06. The first-order chi connectivity index (χ1) is 9.11. The molecule has 100 valence electrons. The van der Waals surface area contributed by atoms with Gasteiger partial charge in [-0.05, 0) is 55.1 Å². The van der Waals surface area contributed by atoms with Crippen LogP contribution in [0.15, 0.2) is 36.4 Å². The van der Waals surface area contributed by atoms with Gasteiger partial charge in [0.05, 0.1) is 0 Å². The summed E-state index contributed by atoms with van der Waals surface area (Å²) in [5, 5.41) is 3.37. The quantitative estimate of drug-likeness (QED) is 0.852. The maximum Gasteiger partial charge on any atom is 0.0205 e. The van der Waals surface area contributed by atoms with Crippen LogP contribution in [0.1, 0.15) is 29.2 Å². The third-order valence-corrected chi connectivity index (χ3v) is 3.54. The fourth-order valence-corrected chi connectivity index (χ4v) is 2.52. The molecule has 0 atom stereocenters. The van der Waals surface area contributed by atoms with E-state index in [1.54, 1.807) is 0 Å². The van der Waals surface area contributed by atoms with E-state index in [4.69, 9.17) is 0 Å². The number of rotatable bonds is 4. The normalized spacial score (nSPS) is 10.7. The molecule has 1 heteroatoms. The summed E-state index contributed by atoms with van der Waals surface area (Å²) in [7, 11) is 0. The third kappa shape index (κ3) is 3.24. The average Bonchev–Trinajstić information content (AvgIpc) is 2.37. The zero-order chi connectivity index (χ0) is 13.8. The molecule has 0 amide bonds. The molecule has 0 saturated heterocycles. The van der Waals surface area contributed by atoms with Gasteiger partial charge in [0, 0.05) is 6.54 Å². The zero-order valence-electron chi connectivity index (χ0n) is 12.4. The van der Waals surface area contributed by atoms with Gasteiger partial charge in [-0.1, -0.05) is 48.9 Å². The number of hydrogen-bond donors (Lipinski definition) is 1. The van der Waals surface area contributed by atoms with Gasteiger partial charge in [0.15, 0.2) is 0 Å². The Balaban J connectivity index is 2.35. The van der Waals surface area contributed by atoms with Gasteiger partial charge < -0.3 is 5.32 Å². The molecular formula is C18H23N. The second-order valence-corrected chi connectivity index (χ2v) is 5.25. The van der Waals surface area contributed by atoms with Crippen LogP contribution in [-0.4, -0.2) is 6.54 Å². The molecule has 19 heavy (non-hydrogen) atoms. The summed E-state index contributed by atoms with van der Waals surface area (Å²) in [4.78, 5) is 0. The smallest absolute Gasteiger partial charge is 0.0205 e. The number of hydrogen-bond acceptors (Lipinski definition) is 1. The van der Waals surface area contributed by atoms with Crippen molar-refractivity contribution in [2.75, 3.05) is 6.54 Å². The van der Waals surface area contributed by atoms with E-state index >= 15 is 0 Å². The highest BCUT2D eigenvalue weighted by atomic mass is 14.8. The van der Waals surface area contributed by atoms with Gasteiger partial charge in [0.1, 0.15) is 0 Å². The molecular weight excluding hydrogens is 230 g/mol. The lowest BCUT2D eigenvalue weighted by molar-refractivity contribution is 0.726. The summed E-state index contributed by atoms with van der Waals surface area (Å²) in [5.74, 6) is 0. The first kappa shape index (κ1) is 13.8. The molecule has 0 aromatic heterocycles. The number of benzene rings is 2. The highest BCUT2D eigenvalue weighted by Crippen LogP contribution is 2.27. The van der Waals surface area contributed by atoms with Gasteiger partial charge in [-0.2, -0.15) is 0 Å². The van der Waals surface area contributed by atoms with Crippen LogP contribution in [0.25, 0.3) is 11.1 Å². The lowest BCUT2D eigenvalue weighted by Gasteiger charge is -2.12. The molecule has 0 aliphatic rings. The van der Waals surface area contributed by atoms with E-state index < -0.39 is 0 Å². The van der Waals surface area contributed by atoms with E-state index in [0.717, 1.165) is 13.1 Å². The summed E-state index contributed by atoms with van der Waals surface area (Å²) in [6.07, 6.45) is 0. The Morgan fingerprint density at radius 2 is 1.47 bits per heavy atom. The van der Waals surface area contributed by atoms with E-state index in [1.807, 2.05) is 0 Å². The minimum Gasteiger partial charge on any atom is -0.313 e. The second kappa shape index (κ2) is 6.03. The average molecular weight is 253 g/mol. The molecule has 0 unspecified atom stereocenters. The van der Waals surface area contributed by atoms with E-state index in [1.165, 1.54) is 33.4 Å². The van der Waals surface area contributed by atoms with Crippen LogP contribution in [0.3, 0.4) is 0 Å². The zero-order valence-corrected chi connectivity index (χ0v) is 12.4. The van der Waals surface area contributed by atoms with Gasteiger partial charge >= 0.3 is 0 Å². The Morgan fingerprint density at radius 1 is 0.842 bits per heavy atom. The molecule has 0 bridgehead atoms. The second-order valence-electron chi connectivity index (χ2n) is 5.25. The first-order valence-corrected chi connectivity index (χ1v) is 6.99. The molecule has 0 heterocycles. The third-order valence-electron chi connectivity index (χ3n) is 3.54. The maximum atomic E-state index is 3.37. The monoisotopic (exact) mass is 253 g/mol. The Bertz CT molecular complexity index is 570. The van der Waals surface area contributed by atoms with Crippen LogP contribution in [0.2, 0.25) is 0 Å². The molecule has 0 aliphatic carbocycles. The Labute approximate surface area is 116 Å². The van der Waals surface area contributed by atoms with Crippen molar-refractivity contribution in [2.45, 2.75) is 34.2 Å². The van der Waals surface area contributed by atoms with Crippen molar-refractivity contribution < 1.29 is 0 Å². The summed E-state index contributed by atoms with van der Waals surface area (Å²) in [6, 6.07) is 13.4. The number of aryl methyl sites for hydroxylation is 3. The first-order valence-electron chi connectivity index (χ1n) is 6.99. The van der Waals surface area contributed by atoms with Gasteiger partial charge in [0.25, 0.3) is 0 Å². The lowest BCUT2D eigenvalue weighted by Crippen LogP contribution is -2.11. The van der Waals surface area contributed by atoms with Crippen LogP contribution in [0.5, 0.6) is 0 Å². The largest absolute Gasteiger partial charge is 0.313 e. The summed E-state index contributed by atoms with van der Waals surface area (Å²) < 4.78 is 0. The molecule has 0 fully saturated rings. The van der Waals surface area contributed by atoms with E-state index in [2.05, 4.69) is 69.4 Å². The van der Waals surface area contributed by atoms with Crippen molar-refractivity contribution in [1.82, 2.24) is 5.32 Å². The van der Waals surface area contributed by atoms with E-state index in [0.29, 0.717) is 0 Å². The van der Waals surface area contributed by atoms with Gasteiger partial charge in [0.2, 0.25) is 0 Å². The van der Waals surface area contributed by atoms with Gasteiger partial charge in [-0.15, -0.1) is 0 Å². The fourth-order valence-electron chi connectivity index (χ4n) is 2.52. The minimum absolute atomic E-state index is 0.949. The standard InChI is InChI=1S/C18H23N/c1-5-19-12-16-7-9-18(15(4)11-16)17-8-6-13(2)10-14(17)3/h6-11,19H,5,12H2,1-4H3. The molecule has 1 N–H and O–H groups in total. The van der Waals surface area contributed by atoms with E-state index in [-0.39, 0.29) is 0 Å². The topological polar surface area (TPSA) is 12.0 Å². The molecule has 0 spiro atoms. The van der Waals surface area contributed by atoms with E-state index in [9.17, 15) is 0 Å². The Kier molecular flexibility index (Phi) is 4.39. The minimum atomic E-state index is 0.949. The molecule has 0 radical (unpaired) electrons. The van der Waals surface area contributed by atoms with Crippen molar-refractivity contribution in [3.05, 3.63) is 58.7 Å². The van der Waals surface area contributed by atoms with Crippen molar-refractivity contribution in [2.24, 2.45) is 0 Å². The van der Waals surface area contributed by atoms with Crippen LogP contribution in [0, 0.1) is 20.8 Å². The van der Waals surface area contributed by atoms with Crippen LogP contribution < -0.4 is 5.32 Å². The van der Waals surface area contributed by atoms with Crippen LogP contribution >= 0.6 is 0 Å². The SMILES string of the molecule is CCNCc1ccc(-c2ccc(C)cc2C)c(C)c1. The van der Waals surface area contributed by atoms with Gasteiger partial charge in [-0.25, -0.2) is 0 Å². The maximum absolute atomic E-state index is 3.37. The van der Waals surface area contributed by atoms with Crippen molar-refractivity contribution in [3.63, 3.8) is 0 Å². The Morgan fingerprint density at radius 3 is 2.05 bits per heavy atom. The van der Waals surface area contributed by atoms with Gasteiger partial charge in [-0.3, -0.25) is 0 Å². The van der Waals surface area contributed by atoms with Crippen molar-refractivity contribution >= 4 is 0 Å². The van der Waals surface area contributed by atoms with Crippen molar-refractivity contribution in [3.8, 4) is 11.1 Å². The predicted molar refractivity (Wildman–Crippen MR) is 83.5 cm³/mol. The molecule has 2 rings (SSSR count). The molecule has 0 saturated carbocycles. The van der Waals surface area contributed by atoms with Crippen molar-refractivity contribution in [1.29, 1.82) is 0 Å². The predicted octanol–water partition coefficient (Wildman–Crippen LogP) is 4.39. The Hall–Kier alpha value is -1.60. The fraction of sp³-hybridized carbons (Fsp3) is 0.333. The summed E-state index contributed by atoms with van der Waals surface area (Å²) in [5.41, 5.74) is 8.07. The molecule has 2 aromatic rings. The van der Waals surface area contributed by atoms with Crippen LogP contribution in [0.4, 0.5) is 0 Å². The molecule has 0 aliphatic heterocycles. The summed E-state index contributed by atoms with van der Waals surface area (Å²) >= 11 is 0. The highest BCUT2D eigenvalue weighted by molar-refractivity contribution is 5.71. The van der Waals surface area contributed by atoms with Crippen LogP contribution in [-0.2, 0) is 6.54 Å². The molecule has 1 nitrogen and oxygen atoms in total.